The van der Waals surface area contributed by atoms with E-state index >= 15 is 0 Å². The number of piperazine rings is 2. The summed E-state index contributed by atoms with van der Waals surface area (Å²) in [5.41, 5.74) is 2.93. The summed E-state index contributed by atoms with van der Waals surface area (Å²) in [6.07, 6.45) is 0.851. The number of hydrogen-bond donors (Lipinski definition) is 1. The Bertz CT molecular complexity index is 1060. The fourth-order valence-electron chi connectivity index (χ4n) is 5.01. The van der Waals surface area contributed by atoms with Crippen LogP contribution in [-0.4, -0.2) is 115 Å². The lowest BCUT2D eigenvalue weighted by molar-refractivity contribution is 0.148. The maximum atomic E-state index is 13.0. The van der Waals surface area contributed by atoms with Crippen molar-refractivity contribution in [3.05, 3.63) is 35.9 Å². The van der Waals surface area contributed by atoms with E-state index in [-0.39, 0.29) is 6.03 Å². The lowest BCUT2D eigenvalue weighted by Crippen LogP contribution is -2.50. The van der Waals surface area contributed by atoms with Crippen LogP contribution in [0.15, 0.2) is 30.3 Å². The molecule has 10 heteroatoms. The van der Waals surface area contributed by atoms with Gasteiger partial charge in [-0.05, 0) is 49.4 Å². The van der Waals surface area contributed by atoms with E-state index in [1.54, 1.807) is 28.4 Å². The van der Waals surface area contributed by atoms with Gasteiger partial charge in [0.15, 0.2) is 11.5 Å². The van der Waals surface area contributed by atoms with Crippen molar-refractivity contribution < 1.29 is 23.7 Å². The standard InChI is InChI=1S/C28H41N5O5/c1-30-10-14-32(15-11-30)23-20-22(6-7-24(23)35-2)29-28(34)33-16-12-31(13-17-33)9-8-21-18-25(36-3)27(38-5)26(19-21)37-4/h6-7,18-20H,8-17H2,1-5H3,(H,29,34). The molecule has 0 unspecified atom stereocenters. The Kier molecular flexibility index (Phi) is 9.41. The number of urea groups is 1. The number of likely N-dealkylation sites (N-methyl/N-ethyl adjacent to an activating group) is 1. The van der Waals surface area contributed by atoms with Crippen molar-refractivity contribution in [3.8, 4) is 23.0 Å². The van der Waals surface area contributed by atoms with Gasteiger partial charge in [-0.15, -0.1) is 0 Å². The van der Waals surface area contributed by atoms with Gasteiger partial charge >= 0.3 is 6.03 Å². The van der Waals surface area contributed by atoms with E-state index in [1.807, 2.05) is 35.2 Å². The maximum absolute atomic E-state index is 13.0. The van der Waals surface area contributed by atoms with Gasteiger partial charge in [-0.1, -0.05) is 0 Å². The number of nitrogens with one attached hydrogen (secondary N) is 1. The monoisotopic (exact) mass is 527 g/mol. The van der Waals surface area contributed by atoms with E-state index in [1.165, 1.54) is 0 Å². The summed E-state index contributed by atoms with van der Waals surface area (Å²) < 4.78 is 22.0. The molecule has 0 spiro atoms. The van der Waals surface area contributed by atoms with E-state index in [4.69, 9.17) is 18.9 Å². The van der Waals surface area contributed by atoms with Crippen LogP contribution in [0.2, 0.25) is 0 Å². The van der Waals surface area contributed by atoms with Crippen LogP contribution in [-0.2, 0) is 6.42 Å². The van der Waals surface area contributed by atoms with Crippen LogP contribution in [0.3, 0.4) is 0 Å². The first-order valence-corrected chi connectivity index (χ1v) is 13.1. The molecule has 2 amide bonds. The van der Waals surface area contributed by atoms with Gasteiger partial charge in [-0.25, -0.2) is 4.79 Å². The molecule has 1 N–H and O–H groups in total. The highest BCUT2D eigenvalue weighted by Crippen LogP contribution is 2.38. The molecule has 2 fully saturated rings. The highest BCUT2D eigenvalue weighted by atomic mass is 16.5. The van der Waals surface area contributed by atoms with Gasteiger partial charge in [0.1, 0.15) is 5.75 Å². The third kappa shape index (κ3) is 6.54. The molecular formula is C28H41N5O5. The number of ether oxygens (including phenoxy) is 4. The Morgan fingerprint density at radius 2 is 1.42 bits per heavy atom. The SMILES string of the molecule is COc1ccc(NC(=O)N2CCN(CCc3cc(OC)c(OC)c(OC)c3)CC2)cc1N1CCN(C)CC1. The molecule has 208 valence electrons. The Morgan fingerprint density at radius 1 is 0.789 bits per heavy atom. The number of hydrogen-bond acceptors (Lipinski definition) is 8. The molecule has 4 rings (SSSR count). The number of carbonyl (C=O) groups is 1. The number of methoxy groups -OCH3 is 4. The zero-order chi connectivity index (χ0) is 27.1. The average Bonchev–Trinajstić information content (AvgIpc) is 2.96. The first-order chi connectivity index (χ1) is 18.4. The predicted octanol–water partition coefficient (Wildman–Crippen LogP) is 2.87. The van der Waals surface area contributed by atoms with Gasteiger partial charge in [0.05, 0.1) is 34.1 Å². The molecule has 2 aliphatic rings. The zero-order valence-electron chi connectivity index (χ0n) is 23.3. The molecule has 2 aliphatic heterocycles. The highest BCUT2D eigenvalue weighted by molar-refractivity contribution is 5.90. The Labute approximate surface area is 226 Å². The van der Waals surface area contributed by atoms with Crippen LogP contribution in [0, 0.1) is 0 Å². The largest absolute Gasteiger partial charge is 0.495 e. The molecule has 2 aromatic rings. The Hall–Kier alpha value is -3.37. The molecule has 2 heterocycles. The molecule has 0 aliphatic carbocycles. The minimum absolute atomic E-state index is 0.0660. The summed E-state index contributed by atoms with van der Waals surface area (Å²) >= 11 is 0. The predicted molar refractivity (Wildman–Crippen MR) is 150 cm³/mol. The lowest BCUT2D eigenvalue weighted by Gasteiger charge is -2.35. The number of rotatable bonds is 9. The van der Waals surface area contributed by atoms with Gasteiger partial charge in [0.2, 0.25) is 5.75 Å². The van der Waals surface area contributed by atoms with Gasteiger partial charge in [-0.2, -0.15) is 0 Å². The first kappa shape index (κ1) is 27.7. The maximum Gasteiger partial charge on any atom is 0.321 e. The number of nitrogens with zero attached hydrogens (tertiary/aromatic N) is 4. The summed E-state index contributed by atoms with van der Waals surface area (Å²) in [4.78, 5) is 21.9. The van der Waals surface area contributed by atoms with Crippen molar-refractivity contribution in [2.45, 2.75) is 6.42 Å². The lowest BCUT2D eigenvalue weighted by atomic mass is 10.1. The minimum Gasteiger partial charge on any atom is -0.495 e. The van der Waals surface area contributed by atoms with Crippen molar-refractivity contribution in [2.75, 3.05) is 105 Å². The fourth-order valence-corrected chi connectivity index (χ4v) is 5.01. The molecule has 0 atom stereocenters. The van der Waals surface area contributed by atoms with Crippen molar-refractivity contribution in [3.63, 3.8) is 0 Å². The van der Waals surface area contributed by atoms with Gasteiger partial charge in [-0.3, -0.25) is 4.90 Å². The second-order valence-corrected chi connectivity index (χ2v) is 9.72. The van der Waals surface area contributed by atoms with Gasteiger partial charge in [0, 0.05) is 64.6 Å². The van der Waals surface area contributed by atoms with Crippen molar-refractivity contribution in [2.24, 2.45) is 0 Å². The molecule has 0 aromatic heterocycles. The molecule has 2 saturated heterocycles. The minimum atomic E-state index is -0.0660. The smallest absolute Gasteiger partial charge is 0.321 e. The molecule has 0 bridgehead atoms. The molecule has 2 aromatic carbocycles. The van der Waals surface area contributed by atoms with Crippen molar-refractivity contribution >= 4 is 17.4 Å². The third-order valence-electron chi connectivity index (χ3n) is 7.37. The molecule has 10 nitrogen and oxygen atoms in total. The summed E-state index contributed by atoms with van der Waals surface area (Å²) in [5.74, 6) is 2.76. The van der Waals surface area contributed by atoms with Gasteiger partial charge < -0.3 is 39.0 Å². The molecule has 0 saturated carbocycles. The van der Waals surface area contributed by atoms with Crippen molar-refractivity contribution in [1.82, 2.24) is 14.7 Å². The van der Waals surface area contributed by atoms with Gasteiger partial charge in [0.25, 0.3) is 0 Å². The summed E-state index contributed by atoms with van der Waals surface area (Å²) in [6.45, 7) is 7.78. The van der Waals surface area contributed by atoms with Crippen LogP contribution in [0.4, 0.5) is 16.2 Å². The topological polar surface area (TPSA) is 79.0 Å². The van der Waals surface area contributed by atoms with Crippen LogP contribution in [0.1, 0.15) is 5.56 Å². The summed E-state index contributed by atoms with van der Waals surface area (Å²) in [5, 5.41) is 3.10. The van der Waals surface area contributed by atoms with Crippen LogP contribution < -0.4 is 29.2 Å². The average molecular weight is 528 g/mol. The Balaban J connectivity index is 1.30. The summed E-state index contributed by atoms with van der Waals surface area (Å²) in [6, 6.07) is 9.79. The fraction of sp³-hybridized carbons (Fsp3) is 0.536. The quantitative estimate of drug-likeness (QED) is 0.534. The summed E-state index contributed by atoms with van der Waals surface area (Å²) in [7, 11) is 8.69. The first-order valence-electron chi connectivity index (χ1n) is 13.1. The molecule has 0 radical (unpaired) electrons. The Morgan fingerprint density at radius 3 is 2.00 bits per heavy atom. The van der Waals surface area contributed by atoms with E-state index < -0.39 is 0 Å². The van der Waals surface area contributed by atoms with Crippen LogP contribution >= 0.6 is 0 Å². The highest BCUT2D eigenvalue weighted by Gasteiger charge is 2.23. The number of amides is 2. The third-order valence-corrected chi connectivity index (χ3v) is 7.37. The number of carbonyl (C=O) groups excluding carboxylic acids is 1. The van der Waals surface area contributed by atoms with E-state index in [0.29, 0.717) is 30.3 Å². The molecular weight excluding hydrogens is 486 g/mol. The second kappa shape index (κ2) is 12.9. The number of anilines is 2. The number of benzene rings is 2. The van der Waals surface area contributed by atoms with Crippen LogP contribution in [0.25, 0.3) is 0 Å². The second-order valence-electron chi connectivity index (χ2n) is 9.72. The van der Waals surface area contributed by atoms with E-state index in [9.17, 15) is 4.79 Å². The van der Waals surface area contributed by atoms with E-state index in [2.05, 4.69) is 27.1 Å². The van der Waals surface area contributed by atoms with Crippen molar-refractivity contribution in [1.29, 1.82) is 0 Å². The zero-order valence-corrected chi connectivity index (χ0v) is 23.3. The molecule has 38 heavy (non-hydrogen) atoms. The van der Waals surface area contributed by atoms with Crippen LogP contribution in [0.5, 0.6) is 23.0 Å². The van der Waals surface area contributed by atoms with E-state index in [0.717, 1.165) is 74.9 Å². The normalized spacial score (nSPS) is 16.8.